The number of anilines is 1. The lowest BCUT2D eigenvalue weighted by Crippen LogP contribution is -2.12. The zero-order valence-corrected chi connectivity index (χ0v) is 8.85. The molecule has 1 aromatic carbocycles. The Morgan fingerprint density at radius 1 is 1.50 bits per heavy atom. The molecular weight excluding hydrogens is 202 g/mol. The standard InChI is InChI=1S/C10H12ClNO2/c1-6-3-4-8(10(14)7(6)2)12-9(13)5-11/h3-4,14H,5H2,1-2H3,(H,12,13). The number of aromatic hydroxyl groups is 1. The quantitative estimate of drug-likeness (QED) is 0.585. The second-order valence-electron chi connectivity index (χ2n) is 3.09. The van der Waals surface area contributed by atoms with Crippen LogP contribution in [0.5, 0.6) is 5.75 Å². The van der Waals surface area contributed by atoms with Crippen molar-refractivity contribution in [1.29, 1.82) is 0 Å². The molecule has 0 saturated carbocycles. The van der Waals surface area contributed by atoms with Gasteiger partial charge in [-0.1, -0.05) is 6.07 Å². The molecule has 0 saturated heterocycles. The molecule has 0 unspecified atom stereocenters. The number of hydrogen-bond donors (Lipinski definition) is 2. The molecule has 2 N–H and O–H groups in total. The summed E-state index contributed by atoms with van der Waals surface area (Å²) < 4.78 is 0. The number of carbonyl (C=O) groups is 1. The SMILES string of the molecule is Cc1ccc(NC(=O)CCl)c(O)c1C. The minimum Gasteiger partial charge on any atom is -0.505 e. The Bertz CT molecular complexity index is 363. The number of phenols is 1. The van der Waals surface area contributed by atoms with Crippen LogP contribution in [-0.4, -0.2) is 16.9 Å². The van der Waals surface area contributed by atoms with Gasteiger partial charge in [0.25, 0.3) is 0 Å². The van der Waals surface area contributed by atoms with Gasteiger partial charge in [-0.25, -0.2) is 0 Å². The third-order valence-electron chi connectivity index (χ3n) is 2.10. The summed E-state index contributed by atoms with van der Waals surface area (Å²) >= 11 is 5.33. The van der Waals surface area contributed by atoms with Crippen LogP contribution in [0, 0.1) is 13.8 Å². The van der Waals surface area contributed by atoms with Crippen LogP contribution in [0.2, 0.25) is 0 Å². The average molecular weight is 214 g/mol. The second kappa shape index (κ2) is 4.33. The van der Waals surface area contributed by atoms with E-state index in [1.165, 1.54) is 0 Å². The summed E-state index contributed by atoms with van der Waals surface area (Å²) in [6.07, 6.45) is 0. The van der Waals surface area contributed by atoms with Crippen molar-refractivity contribution in [1.82, 2.24) is 0 Å². The van der Waals surface area contributed by atoms with Gasteiger partial charge in [-0.2, -0.15) is 0 Å². The third-order valence-corrected chi connectivity index (χ3v) is 2.34. The number of aryl methyl sites for hydroxylation is 1. The Morgan fingerprint density at radius 3 is 2.71 bits per heavy atom. The normalized spacial score (nSPS) is 9.93. The summed E-state index contributed by atoms with van der Waals surface area (Å²) in [5.74, 6) is -0.347. The van der Waals surface area contributed by atoms with Gasteiger partial charge in [0, 0.05) is 0 Å². The van der Waals surface area contributed by atoms with Crippen molar-refractivity contribution in [3.05, 3.63) is 23.3 Å². The van der Waals surface area contributed by atoms with Gasteiger partial charge in [-0.15, -0.1) is 11.6 Å². The molecule has 3 nitrogen and oxygen atoms in total. The molecule has 0 atom stereocenters. The molecule has 1 amide bonds. The van der Waals surface area contributed by atoms with Crippen LogP contribution in [0.15, 0.2) is 12.1 Å². The number of benzene rings is 1. The fourth-order valence-corrected chi connectivity index (χ4v) is 1.15. The van der Waals surface area contributed by atoms with Crippen molar-refractivity contribution in [3.8, 4) is 5.75 Å². The van der Waals surface area contributed by atoms with Crippen LogP contribution in [0.3, 0.4) is 0 Å². The predicted molar refractivity (Wildman–Crippen MR) is 56.9 cm³/mol. The van der Waals surface area contributed by atoms with Crippen LogP contribution in [0.1, 0.15) is 11.1 Å². The maximum atomic E-state index is 11.0. The molecule has 1 aromatic rings. The zero-order chi connectivity index (χ0) is 10.7. The van der Waals surface area contributed by atoms with Crippen molar-refractivity contribution >= 4 is 23.2 Å². The van der Waals surface area contributed by atoms with Crippen molar-refractivity contribution in [2.45, 2.75) is 13.8 Å². The fourth-order valence-electron chi connectivity index (χ4n) is 1.09. The van der Waals surface area contributed by atoms with Crippen molar-refractivity contribution in [2.75, 3.05) is 11.2 Å². The van der Waals surface area contributed by atoms with Crippen LogP contribution < -0.4 is 5.32 Å². The molecule has 76 valence electrons. The summed E-state index contributed by atoms with van der Waals surface area (Å²) in [5, 5.41) is 12.2. The summed E-state index contributed by atoms with van der Waals surface area (Å²) in [4.78, 5) is 11.0. The van der Waals surface area contributed by atoms with Crippen LogP contribution in [-0.2, 0) is 4.79 Å². The van der Waals surface area contributed by atoms with Gasteiger partial charge in [-0.05, 0) is 31.0 Å². The monoisotopic (exact) mass is 213 g/mol. The van der Waals surface area contributed by atoms with Gasteiger partial charge in [0.1, 0.15) is 11.6 Å². The Balaban J connectivity index is 3.00. The lowest BCUT2D eigenvalue weighted by atomic mass is 10.1. The Hall–Kier alpha value is -1.22. The first-order valence-electron chi connectivity index (χ1n) is 4.21. The lowest BCUT2D eigenvalue weighted by molar-refractivity contribution is -0.113. The van der Waals surface area contributed by atoms with Gasteiger partial charge < -0.3 is 10.4 Å². The predicted octanol–water partition coefficient (Wildman–Crippen LogP) is 2.19. The zero-order valence-electron chi connectivity index (χ0n) is 8.10. The number of nitrogens with one attached hydrogen (secondary N) is 1. The van der Waals surface area contributed by atoms with Gasteiger partial charge in [0.05, 0.1) is 5.69 Å². The molecule has 1 rings (SSSR count). The summed E-state index contributed by atoms with van der Waals surface area (Å²) in [6, 6.07) is 3.49. The van der Waals surface area contributed by atoms with Crippen molar-refractivity contribution in [3.63, 3.8) is 0 Å². The van der Waals surface area contributed by atoms with Crippen molar-refractivity contribution < 1.29 is 9.90 Å². The van der Waals surface area contributed by atoms with Gasteiger partial charge in [-0.3, -0.25) is 4.79 Å². The number of carbonyl (C=O) groups excluding carboxylic acids is 1. The van der Waals surface area contributed by atoms with Crippen molar-refractivity contribution in [2.24, 2.45) is 0 Å². The van der Waals surface area contributed by atoms with E-state index >= 15 is 0 Å². The number of rotatable bonds is 2. The molecule has 0 aliphatic carbocycles. The first-order valence-corrected chi connectivity index (χ1v) is 4.74. The number of amides is 1. The minimum absolute atomic E-state index is 0.100. The van der Waals surface area contributed by atoms with Gasteiger partial charge in [0.2, 0.25) is 5.91 Å². The van der Waals surface area contributed by atoms with Crippen LogP contribution in [0.25, 0.3) is 0 Å². The van der Waals surface area contributed by atoms with E-state index < -0.39 is 0 Å². The first-order chi connectivity index (χ1) is 6.56. The van der Waals surface area contributed by atoms with E-state index in [9.17, 15) is 9.90 Å². The highest BCUT2D eigenvalue weighted by Crippen LogP contribution is 2.29. The van der Waals surface area contributed by atoms with E-state index in [-0.39, 0.29) is 17.5 Å². The highest BCUT2D eigenvalue weighted by atomic mass is 35.5. The van der Waals surface area contributed by atoms with E-state index in [4.69, 9.17) is 11.6 Å². The molecule has 0 radical (unpaired) electrons. The first kappa shape index (κ1) is 10.9. The Labute approximate surface area is 87.7 Å². The van der Waals surface area contributed by atoms with E-state index in [0.717, 1.165) is 11.1 Å². The van der Waals surface area contributed by atoms with E-state index in [2.05, 4.69) is 5.32 Å². The number of phenolic OH excluding ortho intramolecular Hbond substituents is 1. The summed E-state index contributed by atoms with van der Waals surface area (Å²) in [5.41, 5.74) is 2.14. The molecule has 0 fully saturated rings. The smallest absolute Gasteiger partial charge is 0.239 e. The van der Waals surface area contributed by atoms with E-state index in [1.807, 2.05) is 13.0 Å². The molecule has 0 bridgehead atoms. The average Bonchev–Trinajstić information content (AvgIpc) is 2.19. The molecule has 0 heterocycles. The second-order valence-corrected chi connectivity index (χ2v) is 3.35. The third kappa shape index (κ3) is 2.17. The molecule has 14 heavy (non-hydrogen) atoms. The number of alkyl halides is 1. The maximum absolute atomic E-state index is 11.0. The topological polar surface area (TPSA) is 49.3 Å². The maximum Gasteiger partial charge on any atom is 0.239 e. The van der Waals surface area contributed by atoms with E-state index in [0.29, 0.717) is 5.69 Å². The molecule has 0 aliphatic heterocycles. The van der Waals surface area contributed by atoms with Crippen LogP contribution in [0.4, 0.5) is 5.69 Å². The van der Waals surface area contributed by atoms with Crippen LogP contribution >= 0.6 is 11.6 Å². The summed E-state index contributed by atoms with van der Waals surface area (Å²) in [7, 11) is 0. The van der Waals surface area contributed by atoms with Gasteiger partial charge >= 0.3 is 0 Å². The number of hydrogen-bond acceptors (Lipinski definition) is 2. The largest absolute Gasteiger partial charge is 0.505 e. The Morgan fingerprint density at radius 2 is 2.14 bits per heavy atom. The lowest BCUT2D eigenvalue weighted by Gasteiger charge is -2.09. The highest BCUT2D eigenvalue weighted by Gasteiger charge is 2.08. The summed E-state index contributed by atoms with van der Waals surface area (Å²) in [6.45, 7) is 3.68. The molecule has 0 aliphatic rings. The molecule has 0 aromatic heterocycles. The van der Waals surface area contributed by atoms with Gasteiger partial charge in [0.15, 0.2) is 0 Å². The minimum atomic E-state index is -0.329. The Kier molecular flexibility index (Phi) is 3.36. The molecule has 0 spiro atoms. The number of halogens is 1. The molecular formula is C10H12ClNO2. The van der Waals surface area contributed by atoms with E-state index in [1.54, 1.807) is 13.0 Å². The highest BCUT2D eigenvalue weighted by molar-refractivity contribution is 6.29. The molecule has 4 heteroatoms. The fraction of sp³-hybridized carbons (Fsp3) is 0.300.